The van der Waals surface area contributed by atoms with Crippen molar-refractivity contribution in [2.75, 3.05) is 13.7 Å². The van der Waals surface area contributed by atoms with Crippen molar-refractivity contribution in [1.82, 2.24) is 9.88 Å². The number of aromatic nitrogens is 1. The number of benzene rings is 2. The van der Waals surface area contributed by atoms with Crippen LogP contribution in [-0.2, 0) is 11.4 Å². The zero-order valence-corrected chi connectivity index (χ0v) is 17.1. The van der Waals surface area contributed by atoms with Crippen LogP contribution in [0.1, 0.15) is 27.9 Å². The van der Waals surface area contributed by atoms with Gasteiger partial charge in [-0.3, -0.25) is 9.78 Å². The standard InChI is InChI=1S/C24H22FN3O3/c1-30-21-9-2-5-17(11-21)15-28(24(29)18-6-3-8-20(25)12-18)16-22-13-23(27-31-22)19-7-4-10-26-14-19/h2-12,14,22H,13,15-16H2,1H3/t22-/m0/s1. The highest BCUT2D eigenvalue weighted by atomic mass is 19.1. The summed E-state index contributed by atoms with van der Waals surface area (Å²) in [6.45, 7) is 0.633. The van der Waals surface area contributed by atoms with E-state index < -0.39 is 5.82 Å². The fourth-order valence-electron chi connectivity index (χ4n) is 3.49. The Morgan fingerprint density at radius 2 is 2.06 bits per heavy atom. The minimum absolute atomic E-state index is 0.277. The first-order valence-corrected chi connectivity index (χ1v) is 9.93. The summed E-state index contributed by atoms with van der Waals surface area (Å²) in [4.78, 5) is 24.6. The number of nitrogens with zero attached hydrogens (tertiary/aromatic N) is 3. The molecule has 158 valence electrons. The Morgan fingerprint density at radius 1 is 1.19 bits per heavy atom. The number of ether oxygens (including phenoxy) is 1. The summed E-state index contributed by atoms with van der Waals surface area (Å²) in [6, 6.07) is 17.0. The quantitative estimate of drug-likeness (QED) is 0.579. The van der Waals surface area contributed by atoms with Gasteiger partial charge < -0.3 is 14.5 Å². The smallest absolute Gasteiger partial charge is 0.254 e. The molecule has 1 aromatic heterocycles. The van der Waals surface area contributed by atoms with Crippen LogP contribution in [0.5, 0.6) is 5.75 Å². The van der Waals surface area contributed by atoms with E-state index in [0.29, 0.717) is 25.3 Å². The van der Waals surface area contributed by atoms with E-state index in [1.807, 2.05) is 36.4 Å². The van der Waals surface area contributed by atoms with Gasteiger partial charge in [-0.1, -0.05) is 23.4 Å². The van der Waals surface area contributed by atoms with E-state index in [1.54, 1.807) is 30.5 Å². The minimum atomic E-state index is -0.452. The molecule has 0 saturated heterocycles. The Balaban J connectivity index is 1.53. The second-order valence-corrected chi connectivity index (χ2v) is 7.26. The van der Waals surface area contributed by atoms with E-state index in [-0.39, 0.29) is 17.6 Å². The largest absolute Gasteiger partial charge is 0.497 e. The predicted molar refractivity (Wildman–Crippen MR) is 114 cm³/mol. The van der Waals surface area contributed by atoms with Crippen LogP contribution in [-0.4, -0.2) is 41.3 Å². The zero-order chi connectivity index (χ0) is 21.6. The lowest BCUT2D eigenvalue weighted by molar-refractivity contribution is 0.0405. The Morgan fingerprint density at radius 3 is 2.84 bits per heavy atom. The van der Waals surface area contributed by atoms with Crippen molar-refractivity contribution in [2.45, 2.75) is 19.1 Å². The molecule has 1 amide bonds. The molecule has 1 atom stereocenters. The summed E-state index contributed by atoms with van der Waals surface area (Å²) >= 11 is 0. The molecule has 6 nitrogen and oxygen atoms in total. The van der Waals surface area contributed by atoms with Crippen molar-refractivity contribution < 1.29 is 18.8 Å². The maximum Gasteiger partial charge on any atom is 0.254 e. The van der Waals surface area contributed by atoms with Gasteiger partial charge in [-0.25, -0.2) is 4.39 Å². The van der Waals surface area contributed by atoms with Crippen LogP contribution in [0.15, 0.2) is 78.2 Å². The molecular formula is C24H22FN3O3. The number of rotatable bonds is 7. The molecule has 0 N–H and O–H groups in total. The summed E-state index contributed by atoms with van der Waals surface area (Å²) in [6.07, 6.45) is 3.68. The van der Waals surface area contributed by atoms with Gasteiger partial charge in [-0.05, 0) is 48.0 Å². The predicted octanol–water partition coefficient (Wildman–Crippen LogP) is 4.06. The summed E-state index contributed by atoms with van der Waals surface area (Å²) in [5.41, 5.74) is 2.86. The van der Waals surface area contributed by atoms with Gasteiger partial charge in [0.1, 0.15) is 11.6 Å². The van der Waals surface area contributed by atoms with E-state index in [0.717, 1.165) is 16.8 Å². The number of halogens is 1. The molecule has 4 rings (SSSR count). The van der Waals surface area contributed by atoms with Gasteiger partial charge in [-0.2, -0.15) is 0 Å². The maximum atomic E-state index is 13.7. The molecule has 2 heterocycles. The molecule has 0 bridgehead atoms. The average molecular weight is 419 g/mol. The lowest BCUT2D eigenvalue weighted by Gasteiger charge is -2.25. The molecule has 0 aliphatic carbocycles. The summed E-state index contributed by atoms with van der Waals surface area (Å²) < 4.78 is 19.0. The topological polar surface area (TPSA) is 64.0 Å². The Bertz CT molecular complexity index is 1090. The van der Waals surface area contributed by atoms with E-state index in [4.69, 9.17) is 9.57 Å². The Hall–Kier alpha value is -3.74. The first-order chi connectivity index (χ1) is 15.1. The van der Waals surface area contributed by atoms with Crippen LogP contribution in [0.2, 0.25) is 0 Å². The van der Waals surface area contributed by atoms with E-state index in [2.05, 4.69) is 10.1 Å². The van der Waals surface area contributed by atoms with Crippen molar-refractivity contribution in [3.63, 3.8) is 0 Å². The molecule has 1 aliphatic rings. The first kappa shape index (κ1) is 20.5. The first-order valence-electron chi connectivity index (χ1n) is 9.93. The molecule has 1 aliphatic heterocycles. The van der Waals surface area contributed by atoms with Crippen LogP contribution in [0, 0.1) is 5.82 Å². The van der Waals surface area contributed by atoms with Crippen molar-refractivity contribution in [3.8, 4) is 5.75 Å². The molecule has 3 aromatic rings. The molecule has 0 fully saturated rings. The monoisotopic (exact) mass is 419 g/mol. The fourth-order valence-corrected chi connectivity index (χ4v) is 3.49. The van der Waals surface area contributed by atoms with Crippen molar-refractivity contribution in [2.24, 2.45) is 5.16 Å². The van der Waals surface area contributed by atoms with Gasteiger partial charge in [0.25, 0.3) is 5.91 Å². The van der Waals surface area contributed by atoms with Crippen LogP contribution >= 0.6 is 0 Å². The number of hydrogen-bond donors (Lipinski definition) is 0. The number of hydrogen-bond acceptors (Lipinski definition) is 5. The Kier molecular flexibility index (Phi) is 6.21. The highest BCUT2D eigenvalue weighted by molar-refractivity contribution is 6.01. The third-order valence-electron chi connectivity index (χ3n) is 5.02. The summed E-state index contributed by atoms with van der Waals surface area (Å²) in [5, 5.41) is 4.18. The second-order valence-electron chi connectivity index (χ2n) is 7.26. The number of pyridine rings is 1. The number of amides is 1. The number of carbonyl (C=O) groups excluding carboxylic acids is 1. The van der Waals surface area contributed by atoms with Crippen molar-refractivity contribution >= 4 is 11.6 Å². The molecule has 0 unspecified atom stereocenters. The average Bonchev–Trinajstić information content (AvgIpc) is 3.27. The Labute approximate surface area is 179 Å². The molecule has 7 heteroatoms. The fraction of sp³-hybridized carbons (Fsp3) is 0.208. The number of carbonyl (C=O) groups is 1. The van der Waals surface area contributed by atoms with Gasteiger partial charge in [0.2, 0.25) is 0 Å². The summed E-state index contributed by atoms with van der Waals surface area (Å²) in [7, 11) is 1.60. The molecule has 0 radical (unpaired) electrons. The van der Waals surface area contributed by atoms with E-state index in [1.165, 1.54) is 18.2 Å². The van der Waals surface area contributed by atoms with Gasteiger partial charge in [0.05, 0.1) is 19.4 Å². The van der Waals surface area contributed by atoms with Crippen LogP contribution in [0.4, 0.5) is 4.39 Å². The highest BCUT2D eigenvalue weighted by Gasteiger charge is 2.27. The molecule has 0 spiro atoms. The van der Waals surface area contributed by atoms with Crippen LogP contribution in [0.25, 0.3) is 0 Å². The summed E-state index contributed by atoms with van der Waals surface area (Å²) in [5.74, 6) is -0.0257. The third kappa shape index (κ3) is 5.06. The van der Waals surface area contributed by atoms with Crippen LogP contribution in [0.3, 0.4) is 0 Å². The van der Waals surface area contributed by atoms with Crippen molar-refractivity contribution in [3.05, 3.63) is 95.6 Å². The number of oxime groups is 1. The number of methoxy groups -OCH3 is 1. The zero-order valence-electron chi connectivity index (χ0n) is 17.1. The lowest BCUT2D eigenvalue weighted by Crippen LogP contribution is -2.37. The molecular weight excluding hydrogens is 397 g/mol. The van der Waals surface area contributed by atoms with Gasteiger partial charge >= 0.3 is 0 Å². The van der Waals surface area contributed by atoms with Gasteiger partial charge in [0.15, 0.2) is 6.10 Å². The normalized spacial score (nSPS) is 15.2. The molecule has 0 saturated carbocycles. The maximum absolute atomic E-state index is 13.7. The third-order valence-corrected chi connectivity index (χ3v) is 5.02. The second kappa shape index (κ2) is 9.38. The van der Waals surface area contributed by atoms with Gasteiger partial charge in [-0.15, -0.1) is 0 Å². The van der Waals surface area contributed by atoms with Crippen molar-refractivity contribution in [1.29, 1.82) is 0 Å². The SMILES string of the molecule is COc1cccc(CN(C[C@@H]2CC(c3cccnc3)=NO2)C(=O)c2cccc(F)c2)c1. The highest BCUT2D eigenvalue weighted by Crippen LogP contribution is 2.21. The molecule has 31 heavy (non-hydrogen) atoms. The van der Waals surface area contributed by atoms with E-state index >= 15 is 0 Å². The minimum Gasteiger partial charge on any atom is -0.497 e. The van der Waals surface area contributed by atoms with Gasteiger partial charge in [0, 0.05) is 36.5 Å². The van der Waals surface area contributed by atoms with E-state index in [9.17, 15) is 9.18 Å². The van der Waals surface area contributed by atoms with Crippen LogP contribution < -0.4 is 4.74 Å². The molecule has 2 aromatic carbocycles. The lowest BCUT2D eigenvalue weighted by atomic mass is 10.1.